The van der Waals surface area contributed by atoms with Crippen LogP contribution >= 0.6 is 0 Å². The van der Waals surface area contributed by atoms with Crippen molar-refractivity contribution in [2.75, 3.05) is 19.7 Å². The Morgan fingerprint density at radius 3 is 2.62 bits per heavy atom. The van der Waals surface area contributed by atoms with Crippen molar-refractivity contribution in [3.8, 4) is 0 Å². The Kier molecular flexibility index (Phi) is 2.51. The molecule has 2 N–H and O–H groups in total. The minimum absolute atomic E-state index is 0.0524. The summed E-state index contributed by atoms with van der Waals surface area (Å²) in [6, 6.07) is 0.0524. The normalized spacial score (nSPS) is 34.1. The van der Waals surface area contributed by atoms with Gasteiger partial charge >= 0.3 is 0 Å². The van der Waals surface area contributed by atoms with Gasteiger partial charge in [0.25, 0.3) is 5.91 Å². The van der Waals surface area contributed by atoms with E-state index in [2.05, 4.69) is 0 Å². The number of rotatable bonds is 1. The van der Waals surface area contributed by atoms with Gasteiger partial charge in [-0.2, -0.15) is 0 Å². The van der Waals surface area contributed by atoms with Crippen LogP contribution in [-0.2, 0) is 9.53 Å². The summed E-state index contributed by atoms with van der Waals surface area (Å²) in [6.07, 6.45) is 2.69. The van der Waals surface area contributed by atoms with Gasteiger partial charge in [0.15, 0.2) is 0 Å². The van der Waals surface area contributed by atoms with Crippen LogP contribution in [0.1, 0.15) is 19.3 Å². The van der Waals surface area contributed by atoms with E-state index < -0.39 is 0 Å². The van der Waals surface area contributed by atoms with Crippen LogP contribution in [0, 0.1) is 0 Å². The van der Waals surface area contributed by atoms with Crippen molar-refractivity contribution in [1.29, 1.82) is 0 Å². The first-order valence-corrected chi connectivity index (χ1v) is 4.93. The van der Waals surface area contributed by atoms with Crippen LogP contribution < -0.4 is 5.73 Å². The molecular weight excluding hydrogens is 168 g/mol. The summed E-state index contributed by atoms with van der Waals surface area (Å²) in [4.78, 5) is 13.6. The largest absolute Gasteiger partial charge is 0.367 e. The number of nitrogens with zero attached hydrogens (tertiary/aromatic N) is 1. The maximum atomic E-state index is 11.7. The molecule has 0 saturated carbocycles. The average Bonchev–Trinajstić information content (AvgIpc) is 2.72. The first-order chi connectivity index (χ1) is 6.27. The van der Waals surface area contributed by atoms with E-state index in [1.54, 1.807) is 0 Å². The van der Waals surface area contributed by atoms with Gasteiger partial charge in [0, 0.05) is 19.1 Å². The maximum Gasteiger partial charge on any atom is 0.251 e. The fraction of sp³-hybridized carbons (Fsp3) is 0.889. The minimum atomic E-state index is -0.256. The zero-order valence-electron chi connectivity index (χ0n) is 7.74. The fourth-order valence-electron chi connectivity index (χ4n) is 1.96. The quantitative estimate of drug-likeness (QED) is 0.610. The van der Waals surface area contributed by atoms with E-state index in [9.17, 15) is 4.79 Å². The third kappa shape index (κ3) is 1.84. The molecule has 0 aromatic carbocycles. The first-order valence-electron chi connectivity index (χ1n) is 4.93. The summed E-state index contributed by atoms with van der Waals surface area (Å²) < 4.78 is 5.32. The molecule has 2 aliphatic heterocycles. The smallest absolute Gasteiger partial charge is 0.251 e. The molecule has 0 aliphatic carbocycles. The molecule has 1 amide bonds. The molecule has 0 bridgehead atoms. The summed E-state index contributed by atoms with van der Waals surface area (Å²) in [5, 5.41) is 0. The van der Waals surface area contributed by atoms with E-state index in [0.29, 0.717) is 13.0 Å². The zero-order chi connectivity index (χ0) is 9.26. The summed E-state index contributed by atoms with van der Waals surface area (Å²) in [5.41, 5.74) is 5.67. The van der Waals surface area contributed by atoms with Crippen molar-refractivity contribution in [2.45, 2.75) is 31.4 Å². The van der Waals surface area contributed by atoms with Gasteiger partial charge in [-0.25, -0.2) is 0 Å². The van der Waals surface area contributed by atoms with Crippen LogP contribution in [0.15, 0.2) is 0 Å². The van der Waals surface area contributed by atoms with Crippen molar-refractivity contribution >= 4 is 5.91 Å². The second-order valence-electron chi connectivity index (χ2n) is 3.85. The molecule has 0 aromatic rings. The summed E-state index contributed by atoms with van der Waals surface area (Å²) in [7, 11) is 0. The van der Waals surface area contributed by atoms with Crippen LogP contribution in [-0.4, -0.2) is 42.6 Å². The van der Waals surface area contributed by atoms with E-state index in [1.165, 1.54) is 0 Å². The second kappa shape index (κ2) is 3.64. The van der Waals surface area contributed by atoms with Gasteiger partial charge in [-0.05, 0) is 19.3 Å². The van der Waals surface area contributed by atoms with E-state index in [4.69, 9.17) is 10.5 Å². The van der Waals surface area contributed by atoms with Gasteiger partial charge in [0.1, 0.15) is 6.10 Å². The topological polar surface area (TPSA) is 55.6 Å². The zero-order valence-corrected chi connectivity index (χ0v) is 7.74. The number of hydrogen-bond acceptors (Lipinski definition) is 3. The predicted molar refractivity (Wildman–Crippen MR) is 48.1 cm³/mol. The van der Waals surface area contributed by atoms with E-state index in [0.717, 1.165) is 25.9 Å². The molecule has 4 nitrogen and oxygen atoms in total. The molecule has 0 unspecified atom stereocenters. The Morgan fingerprint density at radius 2 is 2.08 bits per heavy atom. The Hall–Kier alpha value is -0.610. The van der Waals surface area contributed by atoms with Gasteiger partial charge in [-0.1, -0.05) is 0 Å². The maximum absolute atomic E-state index is 11.7. The monoisotopic (exact) mass is 184 g/mol. The third-order valence-corrected chi connectivity index (χ3v) is 2.72. The van der Waals surface area contributed by atoms with Crippen LogP contribution in [0.2, 0.25) is 0 Å². The molecule has 0 aromatic heterocycles. The van der Waals surface area contributed by atoms with Gasteiger partial charge in [0.2, 0.25) is 0 Å². The summed E-state index contributed by atoms with van der Waals surface area (Å²) >= 11 is 0. The number of likely N-dealkylation sites (tertiary alicyclic amines) is 1. The molecule has 0 spiro atoms. The Balaban J connectivity index is 1.89. The summed E-state index contributed by atoms with van der Waals surface area (Å²) in [5.74, 6) is 0.144. The molecule has 2 atom stereocenters. The van der Waals surface area contributed by atoms with Gasteiger partial charge in [-0.3, -0.25) is 4.79 Å². The Bertz CT molecular complexity index is 202. The van der Waals surface area contributed by atoms with E-state index in [-0.39, 0.29) is 18.1 Å². The highest BCUT2D eigenvalue weighted by Crippen LogP contribution is 2.17. The average molecular weight is 184 g/mol. The van der Waals surface area contributed by atoms with Crippen molar-refractivity contribution < 1.29 is 9.53 Å². The Morgan fingerprint density at radius 1 is 1.38 bits per heavy atom. The molecule has 4 heteroatoms. The third-order valence-electron chi connectivity index (χ3n) is 2.72. The lowest BCUT2D eigenvalue weighted by molar-refractivity contribution is -0.139. The minimum Gasteiger partial charge on any atom is -0.367 e. The number of ether oxygens (including phenoxy) is 1. The molecular formula is C9H16N2O2. The van der Waals surface area contributed by atoms with Crippen molar-refractivity contribution in [1.82, 2.24) is 4.90 Å². The van der Waals surface area contributed by atoms with Crippen molar-refractivity contribution in [2.24, 2.45) is 5.73 Å². The molecule has 2 aliphatic rings. The number of amides is 1. The number of hydrogen-bond donors (Lipinski definition) is 1. The molecule has 2 saturated heterocycles. The van der Waals surface area contributed by atoms with E-state index in [1.807, 2.05) is 4.90 Å². The van der Waals surface area contributed by atoms with Crippen molar-refractivity contribution in [3.63, 3.8) is 0 Å². The predicted octanol–water partition coefficient (Wildman–Crippen LogP) is -0.275. The molecule has 13 heavy (non-hydrogen) atoms. The standard InChI is InChI=1S/C9H16N2O2/c10-7-5-8(13-6-7)9(12)11-3-1-2-4-11/h7-8H,1-6,10H2/t7-,8-/m1/s1. The first kappa shape index (κ1) is 8.97. The van der Waals surface area contributed by atoms with E-state index >= 15 is 0 Å². The lowest BCUT2D eigenvalue weighted by Crippen LogP contribution is -2.37. The number of nitrogens with two attached hydrogens (primary N) is 1. The van der Waals surface area contributed by atoms with Crippen LogP contribution in [0.4, 0.5) is 0 Å². The number of carbonyl (C=O) groups is 1. The van der Waals surface area contributed by atoms with Crippen LogP contribution in [0.25, 0.3) is 0 Å². The molecule has 2 heterocycles. The Labute approximate surface area is 78.0 Å². The van der Waals surface area contributed by atoms with Crippen molar-refractivity contribution in [3.05, 3.63) is 0 Å². The van der Waals surface area contributed by atoms with Gasteiger partial charge < -0.3 is 15.4 Å². The second-order valence-corrected chi connectivity index (χ2v) is 3.85. The molecule has 74 valence electrons. The van der Waals surface area contributed by atoms with Crippen LogP contribution in [0.3, 0.4) is 0 Å². The highest BCUT2D eigenvalue weighted by molar-refractivity contribution is 5.81. The SMILES string of the molecule is N[C@H]1CO[C@@H](C(=O)N2CCCC2)C1. The number of carbonyl (C=O) groups excluding carboxylic acids is 1. The molecule has 0 radical (unpaired) electrons. The lowest BCUT2D eigenvalue weighted by Gasteiger charge is -2.18. The van der Waals surface area contributed by atoms with Crippen LogP contribution in [0.5, 0.6) is 0 Å². The van der Waals surface area contributed by atoms with Gasteiger partial charge in [-0.15, -0.1) is 0 Å². The highest BCUT2D eigenvalue weighted by atomic mass is 16.5. The highest BCUT2D eigenvalue weighted by Gasteiger charge is 2.32. The lowest BCUT2D eigenvalue weighted by atomic mass is 10.2. The molecule has 2 rings (SSSR count). The summed E-state index contributed by atoms with van der Waals surface area (Å²) in [6.45, 7) is 2.33. The fourth-order valence-corrected chi connectivity index (χ4v) is 1.96. The van der Waals surface area contributed by atoms with Gasteiger partial charge in [0.05, 0.1) is 6.61 Å². The molecule has 2 fully saturated rings.